The summed E-state index contributed by atoms with van der Waals surface area (Å²) in [5.74, 6) is 0. The van der Waals surface area contributed by atoms with Crippen LogP contribution in [0.1, 0.15) is 25.6 Å². The summed E-state index contributed by atoms with van der Waals surface area (Å²) >= 11 is 3.94. The smallest absolute Gasteiger partial charge is 0.0839 e. The van der Waals surface area contributed by atoms with Crippen molar-refractivity contribution in [1.82, 2.24) is 0 Å². The SMILES string of the molecule is CCc1cc2c(s1)SC(C)(C)CN2. The molecule has 72 valence electrons. The van der Waals surface area contributed by atoms with Crippen molar-refractivity contribution < 1.29 is 0 Å². The lowest BCUT2D eigenvalue weighted by Crippen LogP contribution is -2.29. The Morgan fingerprint density at radius 2 is 2.31 bits per heavy atom. The first-order chi connectivity index (χ1) is 6.11. The van der Waals surface area contributed by atoms with Gasteiger partial charge in [-0.15, -0.1) is 23.1 Å². The third-order valence-electron chi connectivity index (χ3n) is 2.17. The zero-order valence-electron chi connectivity index (χ0n) is 8.31. The van der Waals surface area contributed by atoms with Crippen molar-refractivity contribution in [2.24, 2.45) is 0 Å². The number of hydrogen-bond donors (Lipinski definition) is 1. The zero-order chi connectivity index (χ0) is 9.47. The van der Waals surface area contributed by atoms with Crippen LogP contribution in [-0.4, -0.2) is 11.3 Å². The van der Waals surface area contributed by atoms with Gasteiger partial charge in [0.05, 0.1) is 9.90 Å². The molecule has 1 aliphatic rings. The van der Waals surface area contributed by atoms with E-state index in [1.807, 2.05) is 23.1 Å². The fraction of sp³-hybridized carbons (Fsp3) is 0.600. The molecule has 0 radical (unpaired) electrons. The van der Waals surface area contributed by atoms with E-state index in [-0.39, 0.29) is 0 Å². The Morgan fingerprint density at radius 1 is 1.54 bits per heavy atom. The maximum absolute atomic E-state index is 3.50. The number of thiophene rings is 1. The zero-order valence-corrected chi connectivity index (χ0v) is 9.94. The normalized spacial score (nSPS) is 19.3. The average Bonchev–Trinajstić information content (AvgIpc) is 2.44. The van der Waals surface area contributed by atoms with Crippen molar-refractivity contribution >= 4 is 28.8 Å². The standard InChI is InChI=1S/C10H15NS2/c1-4-7-5-8-9(12-7)13-10(2,3)6-11-8/h5,11H,4,6H2,1-3H3. The first-order valence-corrected chi connectivity index (χ1v) is 6.29. The number of thioether (sulfide) groups is 1. The second kappa shape index (κ2) is 3.21. The van der Waals surface area contributed by atoms with Crippen LogP contribution in [0.4, 0.5) is 5.69 Å². The van der Waals surface area contributed by atoms with Crippen LogP contribution in [0.25, 0.3) is 0 Å². The van der Waals surface area contributed by atoms with Gasteiger partial charge in [0.15, 0.2) is 0 Å². The van der Waals surface area contributed by atoms with Crippen molar-refractivity contribution in [1.29, 1.82) is 0 Å². The van der Waals surface area contributed by atoms with Gasteiger partial charge in [-0.1, -0.05) is 6.92 Å². The van der Waals surface area contributed by atoms with Gasteiger partial charge in [0, 0.05) is 16.2 Å². The minimum absolute atomic E-state index is 0.350. The van der Waals surface area contributed by atoms with Gasteiger partial charge in [-0.2, -0.15) is 0 Å². The van der Waals surface area contributed by atoms with E-state index in [9.17, 15) is 0 Å². The molecule has 0 atom stereocenters. The van der Waals surface area contributed by atoms with Gasteiger partial charge in [0.25, 0.3) is 0 Å². The van der Waals surface area contributed by atoms with Crippen LogP contribution in [0.15, 0.2) is 10.3 Å². The molecule has 13 heavy (non-hydrogen) atoms. The second-order valence-electron chi connectivity index (χ2n) is 3.98. The molecule has 1 N–H and O–H groups in total. The molecule has 0 fully saturated rings. The molecule has 1 aromatic rings. The summed E-state index contributed by atoms with van der Waals surface area (Å²) < 4.78 is 1.82. The molecule has 0 aromatic carbocycles. The highest BCUT2D eigenvalue weighted by Gasteiger charge is 2.27. The summed E-state index contributed by atoms with van der Waals surface area (Å²) in [4.78, 5) is 1.49. The fourth-order valence-corrected chi connectivity index (χ4v) is 4.24. The molecule has 1 nitrogen and oxygen atoms in total. The van der Waals surface area contributed by atoms with E-state index in [4.69, 9.17) is 0 Å². The maximum atomic E-state index is 3.50. The second-order valence-corrected chi connectivity index (χ2v) is 7.10. The van der Waals surface area contributed by atoms with Crippen LogP contribution in [-0.2, 0) is 6.42 Å². The first-order valence-electron chi connectivity index (χ1n) is 4.66. The summed E-state index contributed by atoms with van der Waals surface area (Å²) in [7, 11) is 0. The molecular formula is C10H15NS2. The van der Waals surface area contributed by atoms with Gasteiger partial charge < -0.3 is 5.32 Å². The van der Waals surface area contributed by atoms with Gasteiger partial charge in [-0.05, 0) is 26.3 Å². The minimum atomic E-state index is 0.350. The predicted molar refractivity (Wildman–Crippen MR) is 62.1 cm³/mol. The number of anilines is 1. The van der Waals surface area contributed by atoms with E-state index in [0.29, 0.717) is 4.75 Å². The number of rotatable bonds is 1. The largest absolute Gasteiger partial charge is 0.382 e. The van der Waals surface area contributed by atoms with Crippen LogP contribution in [0.5, 0.6) is 0 Å². The molecule has 0 amide bonds. The molecule has 2 heterocycles. The third kappa shape index (κ3) is 1.86. The molecule has 0 spiro atoms. The van der Waals surface area contributed by atoms with Crippen LogP contribution in [0.2, 0.25) is 0 Å². The molecule has 2 rings (SSSR count). The van der Waals surface area contributed by atoms with Crippen molar-refractivity contribution in [3.63, 3.8) is 0 Å². The lowest BCUT2D eigenvalue weighted by Gasteiger charge is -2.29. The first kappa shape index (κ1) is 9.41. The van der Waals surface area contributed by atoms with Crippen LogP contribution >= 0.6 is 23.1 Å². The van der Waals surface area contributed by atoms with Crippen LogP contribution < -0.4 is 5.32 Å². The maximum Gasteiger partial charge on any atom is 0.0839 e. The Balaban J connectivity index is 2.30. The van der Waals surface area contributed by atoms with Gasteiger partial charge in [0.2, 0.25) is 0 Å². The number of aryl methyl sites for hydroxylation is 1. The summed E-state index contributed by atoms with van der Waals surface area (Å²) in [5.41, 5.74) is 1.35. The summed E-state index contributed by atoms with van der Waals surface area (Å²) in [6, 6.07) is 2.29. The Hall–Kier alpha value is -0.150. The molecular weight excluding hydrogens is 198 g/mol. The van der Waals surface area contributed by atoms with Crippen molar-refractivity contribution in [2.45, 2.75) is 36.1 Å². The molecule has 0 saturated heterocycles. The van der Waals surface area contributed by atoms with Gasteiger partial charge >= 0.3 is 0 Å². The number of hydrogen-bond acceptors (Lipinski definition) is 3. The summed E-state index contributed by atoms with van der Waals surface area (Å²) in [6.45, 7) is 7.87. The fourth-order valence-electron chi connectivity index (χ4n) is 1.39. The van der Waals surface area contributed by atoms with E-state index in [1.165, 1.54) is 14.8 Å². The highest BCUT2D eigenvalue weighted by Crippen LogP contribution is 2.46. The minimum Gasteiger partial charge on any atom is -0.382 e. The van der Waals surface area contributed by atoms with Crippen LogP contribution in [0, 0.1) is 0 Å². The van der Waals surface area contributed by atoms with E-state index < -0.39 is 0 Å². The number of fused-ring (bicyclic) bond motifs is 1. The lowest BCUT2D eigenvalue weighted by molar-refractivity contribution is 0.742. The summed E-state index contributed by atoms with van der Waals surface area (Å²) in [5, 5.41) is 3.50. The topological polar surface area (TPSA) is 12.0 Å². The van der Waals surface area contributed by atoms with Crippen molar-refractivity contribution in [3.8, 4) is 0 Å². The highest BCUT2D eigenvalue weighted by atomic mass is 32.2. The average molecular weight is 213 g/mol. The molecule has 3 heteroatoms. The molecule has 1 aliphatic heterocycles. The monoisotopic (exact) mass is 213 g/mol. The van der Waals surface area contributed by atoms with Gasteiger partial charge in [0.1, 0.15) is 0 Å². The third-order valence-corrected chi connectivity index (χ3v) is 4.85. The Bertz CT molecular complexity index is 315. The lowest BCUT2D eigenvalue weighted by atomic mass is 10.2. The number of nitrogens with one attached hydrogen (secondary N) is 1. The molecule has 0 aliphatic carbocycles. The van der Waals surface area contributed by atoms with E-state index >= 15 is 0 Å². The van der Waals surface area contributed by atoms with E-state index in [1.54, 1.807) is 0 Å². The molecule has 1 aromatic heterocycles. The molecule has 0 bridgehead atoms. The van der Waals surface area contributed by atoms with Gasteiger partial charge in [-0.3, -0.25) is 0 Å². The van der Waals surface area contributed by atoms with E-state index in [0.717, 1.165) is 13.0 Å². The quantitative estimate of drug-likeness (QED) is 0.765. The van der Waals surface area contributed by atoms with Crippen molar-refractivity contribution in [3.05, 3.63) is 10.9 Å². The Morgan fingerprint density at radius 3 is 3.00 bits per heavy atom. The summed E-state index contributed by atoms with van der Waals surface area (Å²) in [6.07, 6.45) is 1.15. The van der Waals surface area contributed by atoms with Crippen molar-refractivity contribution in [2.75, 3.05) is 11.9 Å². The highest BCUT2D eigenvalue weighted by molar-refractivity contribution is 8.02. The van der Waals surface area contributed by atoms with Gasteiger partial charge in [-0.25, -0.2) is 0 Å². The molecule has 0 unspecified atom stereocenters. The van der Waals surface area contributed by atoms with E-state index in [2.05, 4.69) is 32.2 Å². The Kier molecular flexibility index (Phi) is 2.32. The predicted octanol–water partition coefficient (Wildman–Crippen LogP) is 3.61. The Labute approximate surface area is 87.9 Å². The van der Waals surface area contributed by atoms with Crippen LogP contribution in [0.3, 0.4) is 0 Å². The molecule has 0 saturated carbocycles.